The molecule has 3 rings (SSSR count). The van der Waals surface area contributed by atoms with Crippen LogP contribution in [0.2, 0.25) is 0 Å². The molecule has 0 bridgehead atoms. The van der Waals surface area contributed by atoms with Crippen LogP contribution in [0.5, 0.6) is 0 Å². The molecule has 0 spiro atoms. The van der Waals surface area contributed by atoms with E-state index < -0.39 is 0 Å². The minimum absolute atomic E-state index is 0.235. The first-order chi connectivity index (χ1) is 9.74. The molecule has 1 aliphatic heterocycles. The highest BCUT2D eigenvalue weighted by Crippen LogP contribution is 2.29. The maximum Gasteiger partial charge on any atom is 0.231 e. The summed E-state index contributed by atoms with van der Waals surface area (Å²) in [5.41, 5.74) is 4.84. The molecular weight excluding hydrogens is 246 g/mol. The van der Waals surface area contributed by atoms with Crippen molar-refractivity contribution in [3.63, 3.8) is 0 Å². The number of amides is 1. The Morgan fingerprint density at radius 2 is 1.90 bits per heavy atom. The van der Waals surface area contributed by atoms with Crippen LogP contribution in [0.15, 0.2) is 48.5 Å². The van der Waals surface area contributed by atoms with E-state index in [0.29, 0.717) is 6.42 Å². The topological polar surface area (TPSA) is 20.3 Å². The van der Waals surface area contributed by atoms with Gasteiger partial charge < -0.3 is 4.90 Å². The van der Waals surface area contributed by atoms with Crippen molar-refractivity contribution in [3.8, 4) is 0 Å². The quantitative estimate of drug-likeness (QED) is 0.828. The minimum atomic E-state index is 0.235. The summed E-state index contributed by atoms with van der Waals surface area (Å²) in [5, 5.41) is 0. The molecule has 0 aromatic heterocycles. The van der Waals surface area contributed by atoms with Crippen LogP contribution in [-0.4, -0.2) is 12.5 Å². The Kier molecular flexibility index (Phi) is 3.55. The van der Waals surface area contributed by atoms with Crippen molar-refractivity contribution in [3.05, 3.63) is 65.2 Å². The van der Waals surface area contributed by atoms with Gasteiger partial charge in [-0.25, -0.2) is 0 Å². The molecule has 0 fully saturated rings. The highest BCUT2D eigenvalue weighted by Gasteiger charge is 2.26. The van der Waals surface area contributed by atoms with Crippen molar-refractivity contribution in [1.82, 2.24) is 0 Å². The molecule has 0 aliphatic carbocycles. The summed E-state index contributed by atoms with van der Waals surface area (Å²) >= 11 is 0. The molecule has 102 valence electrons. The molecule has 0 unspecified atom stereocenters. The van der Waals surface area contributed by atoms with E-state index in [4.69, 9.17) is 0 Å². The lowest BCUT2D eigenvalue weighted by Crippen LogP contribution is -2.28. The molecule has 2 heteroatoms. The summed E-state index contributed by atoms with van der Waals surface area (Å²) in [7, 11) is 0. The van der Waals surface area contributed by atoms with Crippen molar-refractivity contribution in [2.75, 3.05) is 11.4 Å². The predicted molar refractivity (Wildman–Crippen MR) is 82.0 cm³/mol. The van der Waals surface area contributed by atoms with Gasteiger partial charge in [-0.2, -0.15) is 0 Å². The number of carbonyl (C=O) groups is 1. The van der Waals surface area contributed by atoms with Crippen molar-refractivity contribution >= 4 is 11.6 Å². The van der Waals surface area contributed by atoms with Gasteiger partial charge in [-0.15, -0.1) is 0 Å². The number of aryl methyl sites for hydroxylation is 2. The van der Waals surface area contributed by atoms with Crippen LogP contribution in [0.4, 0.5) is 5.69 Å². The molecule has 0 saturated heterocycles. The molecular formula is C18H19NO. The number of anilines is 1. The third-order valence-corrected chi connectivity index (χ3v) is 3.86. The van der Waals surface area contributed by atoms with E-state index in [1.54, 1.807) is 0 Å². The molecule has 1 amide bonds. The number of hydrogen-bond acceptors (Lipinski definition) is 1. The molecule has 1 aliphatic rings. The lowest BCUT2D eigenvalue weighted by atomic mass is 10.1. The van der Waals surface area contributed by atoms with Gasteiger partial charge in [0.15, 0.2) is 0 Å². The second kappa shape index (κ2) is 5.49. The summed E-state index contributed by atoms with van der Waals surface area (Å²) in [6.07, 6.45) is 2.58. The van der Waals surface area contributed by atoms with Crippen molar-refractivity contribution in [1.29, 1.82) is 0 Å². The summed E-state index contributed by atoms with van der Waals surface area (Å²) < 4.78 is 0. The molecule has 0 radical (unpaired) electrons. The van der Waals surface area contributed by atoms with E-state index in [1.807, 2.05) is 11.0 Å². The molecule has 2 nitrogen and oxygen atoms in total. The molecule has 1 heterocycles. The van der Waals surface area contributed by atoms with Crippen molar-refractivity contribution in [2.45, 2.75) is 26.2 Å². The van der Waals surface area contributed by atoms with Gasteiger partial charge in [0.05, 0.1) is 6.42 Å². The zero-order valence-electron chi connectivity index (χ0n) is 11.8. The van der Waals surface area contributed by atoms with E-state index in [1.165, 1.54) is 16.7 Å². The fourth-order valence-corrected chi connectivity index (χ4v) is 2.84. The average molecular weight is 265 g/mol. The number of carbonyl (C=O) groups excluding carboxylic acids is 1. The maximum absolute atomic E-state index is 12.1. The number of rotatable bonds is 4. The third kappa shape index (κ3) is 2.60. The van der Waals surface area contributed by atoms with E-state index in [2.05, 4.69) is 49.4 Å². The van der Waals surface area contributed by atoms with Gasteiger partial charge in [-0.3, -0.25) is 4.79 Å². The van der Waals surface area contributed by atoms with E-state index in [9.17, 15) is 4.79 Å². The first-order valence-corrected chi connectivity index (χ1v) is 7.18. The van der Waals surface area contributed by atoms with Gasteiger partial charge >= 0.3 is 0 Å². The van der Waals surface area contributed by atoms with E-state index in [0.717, 1.165) is 25.1 Å². The summed E-state index contributed by atoms with van der Waals surface area (Å²) in [6.45, 7) is 2.88. The van der Waals surface area contributed by atoms with Gasteiger partial charge in [0.2, 0.25) is 5.91 Å². The fraction of sp³-hybridized carbons (Fsp3) is 0.278. The second-order valence-electron chi connectivity index (χ2n) is 5.44. The van der Waals surface area contributed by atoms with Crippen LogP contribution in [0, 0.1) is 6.92 Å². The molecule has 0 saturated carbocycles. The monoisotopic (exact) mass is 265 g/mol. The third-order valence-electron chi connectivity index (χ3n) is 3.86. The molecule has 2 aromatic rings. The van der Waals surface area contributed by atoms with Crippen LogP contribution in [0.3, 0.4) is 0 Å². The van der Waals surface area contributed by atoms with Gasteiger partial charge in [-0.1, -0.05) is 48.0 Å². The molecule has 0 atom stereocenters. The number of benzene rings is 2. The lowest BCUT2D eigenvalue weighted by molar-refractivity contribution is -0.117. The zero-order valence-corrected chi connectivity index (χ0v) is 11.8. The Labute approximate surface area is 120 Å². The first kappa shape index (κ1) is 12.9. The Balaban J connectivity index is 1.65. The minimum Gasteiger partial charge on any atom is -0.312 e. The highest BCUT2D eigenvalue weighted by molar-refractivity contribution is 6.01. The molecule has 20 heavy (non-hydrogen) atoms. The predicted octanol–water partition coefficient (Wildman–Crippen LogP) is 3.52. The Morgan fingerprint density at radius 3 is 2.70 bits per heavy atom. The first-order valence-electron chi connectivity index (χ1n) is 7.18. The molecule has 2 aromatic carbocycles. The summed E-state index contributed by atoms with van der Waals surface area (Å²) in [5.74, 6) is 0.235. The smallest absolute Gasteiger partial charge is 0.231 e. The SMILES string of the molecule is Cc1ccc2c(c1)CC(=O)N2CCCc1ccccc1. The number of nitrogens with zero attached hydrogens (tertiary/aromatic N) is 1. The Bertz CT molecular complexity index is 619. The second-order valence-corrected chi connectivity index (χ2v) is 5.44. The normalized spacial score (nSPS) is 13.7. The Hall–Kier alpha value is -2.09. The fourth-order valence-electron chi connectivity index (χ4n) is 2.84. The zero-order chi connectivity index (χ0) is 13.9. The van der Waals surface area contributed by atoms with Gasteiger partial charge in [0.25, 0.3) is 0 Å². The van der Waals surface area contributed by atoms with E-state index >= 15 is 0 Å². The van der Waals surface area contributed by atoms with Gasteiger partial charge in [0.1, 0.15) is 0 Å². The Morgan fingerprint density at radius 1 is 1.10 bits per heavy atom. The van der Waals surface area contributed by atoms with Crippen LogP contribution in [-0.2, 0) is 17.6 Å². The van der Waals surface area contributed by atoms with Crippen LogP contribution in [0.25, 0.3) is 0 Å². The standard InChI is InChI=1S/C18H19NO/c1-14-9-10-17-16(12-14)13-18(20)19(17)11-5-8-15-6-3-2-4-7-15/h2-4,6-7,9-10,12H,5,8,11,13H2,1H3. The average Bonchev–Trinajstić information content (AvgIpc) is 2.75. The van der Waals surface area contributed by atoms with Gasteiger partial charge in [-0.05, 0) is 37.0 Å². The van der Waals surface area contributed by atoms with Crippen molar-refractivity contribution in [2.24, 2.45) is 0 Å². The van der Waals surface area contributed by atoms with Gasteiger partial charge in [0, 0.05) is 12.2 Å². The lowest BCUT2D eigenvalue weighted by Gasteiger charge is -2.17. The van der Waals surface area contributed by atoms with Crippen LogP contribution >= 0.6 is 0 Å². The van der Waals surface area contributed by atoms with Crippen LogP contribution in [0.1, 0.15) is 23.1 Å². The van der Waals surface area contributed by atoms with E-state index in [-0.39, 0.29) is 5.91 Å². The highest BCUT2D eigenvalue weighted by atomic mass is 16.2. The van der Waals surface area contributed by atoms with Crippen LogP contribution < -0.4 is 4.90 Å². The number of fused-ring (bicyclic) bond motifs is 1. The van der Waals surface area contributed by atoms with Crippen molar-refractivity contribution < 1.29 is 4.79 Å². The maximum atomic E-state index is 12.1. The largest absolute Gasteiger partial charge is 0.312 e. The summed E-state index contributed by atoms with van der Waals surface area (Å²) in [4.78, 5) is 14.1. The number of hydrogen-bond donors (Lipinski definition) is 0. The summed E-state index contributed by atoms with van der Waals surface area (Å²) in [6, 6.07) is 16.7. The molecule has 0 N–H and O–H groups in total.